The number of hydrogen-bond acceptors (Lipinski definition) is 6. The number of hydrogen-bond donors (Lipinski definition) is 1. The Morgan fingerprint density at radius 3 is 2.61 bits per heavy atom. The lowest BCUT2D eigenvalue weighted by atomic mass is 9.96. The number of aryl methyl sites for hydroxylation is 2. The summed E-state index contributed by atoms with van der Waals surface area (Å²) in [6.45, 7) is 6.27. The number of β-amino-alcohol motifs (C(OH)–C–C–N with tert-alkyl or cyclic N) is 1. The monoisotopic (exact) mass is 451 g/mol. The number of aliphatic hydroxyl groups excluding tert-OH is 1. The van der Waals surface area contributed by atoms with Crippen LogP contribution in [0.4, 0.5) is 0 Å². The first-order chi connectivity index (χ1) is 15.9. The molecule has 0 fully saturated rings. The average Bonchev–Trinajstić information content (AvgIpc) is 3.06. The largest absolute Gasteiger partial charge is 0.493 e. The number of unbranched alkanes of at least 4 members (excludes halogenated alkanes) is 1. The highest BCUT2D eigenvalue weighted by molar-refractivity contribution is 5.99. The number of fused-ring (bicyclic) bond motifs is 2. The smallest absolute Gasteiger partial charge is 0.290 e. The molecule has 1 amide bonds. The van der Waals surface area contributed by atoms with Gasteiger partial charge < -0.3 is 23.9 Å². The number of aliphatic hydroxyl groups is 1. The van der Waals surface area contributed by atoms with Gasteiger partial charge in [0.15, 0.2) is 16.9 Å². The Morgan fingerprint density at radius 2 is 1.91 bits per heavy atom. The van der Waals surface area contributed by atoms with E-state index in [-0.39, 0.29) is 29.9 Å². The van der Waals surface area contributed by atoms with Gasteiger partial charge in [-0.05, 0) is 55.2 Å². The number of carbonyl (C=O) groups is 1. The SMILES string of the molecule is CCCCOc1ccc(C2c3c(oc4cc(C)cc(C)c4c3=O)C(=O)N2CCO)cc1OC. The number of benzene rings is 2. The normalized spacial score (nSPS) is 15.2. The number of rotatable bonds is 8. The zero-order valence-corrected chi connectivity index (χ0v) is 19.4. The van der Waals surface area contributed by atoms with Crippen LogP contribution in [0.1, 0.15) is 58.6 Å². The number of amides is 1. The van der Waals surface area contributed by atoms with Crippen LogP contribution in [0.5, 0.6) is 11.5 Å². The van der Waals surface area contributed by atoms with Crippen LogP contribution in [0.15, 0.2) is 39.5 Å². The lowest BCUT2D eigenvalue weighted by Crippen LogP contribution is -2.32. The molecule has 1 aliphatic heterocycles. The molecule has 0 saturated heterocycles. The third kappa shape index (κ3) is 3.97. The summed E-state index contributed by atoms with van der Waals surface area (Å²) in [5.74, 6) is 0.734. The van der Waals surface area contributed by atoms with Crippen LogP contribution < -0.4 is 14.9 Å². The molecule has 3 aromatic rings. The van der Waals surface area contributed by atoms with Gasteiger partial charge in [-0.15, -0.1) is 0 Å². The third-order valence-corrected chi connectivity index (χ3v) is 6.01. The van der Waals surface area contributed by atoms with Gasteiger partial charge in [-0.1, -0.05) is 25.5 Å². The van der Waals surface area contributed by atoms with Crippen LogP contribution in [-0.4, -0.2) is 42.8 Å². The lowest BCUT2D eigenvalue weighted by molar-refractivity contribution is 0.0691. The van der Waals surface area contributed by atoms with Crippen LogP contribution in [-0.2, 0) is 0 Å². The van der Waals surface area contributed by atoms with Gasteiger partial charge in [0.2, 0.25) is 5.76 Å². The van der Waals surface area contributed by atoms with E-state index in [1.54, 1.807) is 25.3 Å². The minimum atomic E-state index is -0.695. The first kappa shape index (κ1) is 22.9. The molecule has 0 aliphatic carbocycles. The summed E-state index contributed by atoms with van der Waals surface area (Å²) in [5.41, 5.74) is 2.88. The summed E-state index contributed by atoms with van der Waals surface area (Å²) in [6.07, 6.45) is 1.94. The molecule has 7 heteroatoms. The molecule has 33 heavy (non-hydrogen) atoms. The molecule has 4 rings (SSSR count). The minimum Gasteiger partial charge on any atom is -0.493 e. The van der Waals surface area contributed by atoms with Crippen molar-refractivity contribution in [3.05, 3.63) is 68.6 Å². The Balaban J connectivity index is 1.89. The van der Waals surface area contributed by atoms with E-state index in [4.69, 9.17) is 13.9 Å². The van der Waals surface area contributed by atoms with Crippen LogP contribution in [0, 0.1) is 13.8 Å². The fourth-order valence-electron chi connectivity index (χ4n) is 4.50. The highest BCUT2D eigenvalue weighted by atomic mass is 16.5. The molecule has 0 spiro atoms. The molecule has 0 bridgehead atoms. The summed E-state index contributed by atoms with van der Waals surface area (Å²) in [6, 6.07) is 8.40. The van der Waals surface area contributed by atoms with Gasteiger partial charge in [0.05, 0.1) is 37.3 Å². The Kier molecular flexibility index (Phi) is 6.42. The molecule has 1 aliphatic rings. The fraction of sp³-hybridized carbons (Fsp3) is 0.385. The number of nitrogens with zero attached hydrogens (tertiary/aromatic N) is 1. The van der Waals surface area contributed by atoms with Gasteiger partial charge in [-0.2, -0.15) is 0 Å². The topological polar surface area (TPSA) is 89.2 Å². The van der Waals surface area contributed by atoms with E-state index in [2.05, 4.69) is 6.92 Å². The van der Waals surface area contributed by atoms with Crippen LogP contribution in [0.2, 0.25) is 0 Å². The van der Waals surface area contributed by atoms with Crippen molar-refractivity contribution in [3.63, 3.8) is 0 Å². The molecule has 0 radical (unpaired) electrons. The molecule has 1 unspecified atom stereocenters. The van der Waals surface area contributed by atoms with Crippen molar-refractivity contribution >= 4 is 16.9 Å². The van der Waals surface area contributed by atoms with E-state index in [0.717, 1.165) is 24.0 Å². The van der Waals surface area contributed by atoms with Crippen molar-refractivity contribution in [2.24, 2.45) is 0 Å². The van der Waals surface area contributed by atoms with Crippen molar-refractivity contribution in [1.29, 1.82) is 0 Å². The highest BCUT2D eigenvalue weighted by Crippen LogP contribution is 2.41. The fourth-order valence-corrected chi connectivity index (χ4v) is 4.50. The molecular formula is C26H29NO6. The standard InChI is InChI=1S/C26H29NO6/c1-5-6-11-32-18-8-7-17(14-19(18)31-4)23-22-24(29)21-16(3)12-15(2)13-20(21)33-25(22)26(30)27(23)9-10-28/h7-8,12-14,23,28H,5-6,9-11H2,1-4H3. The molecule has 7 nitrogen and oxygen atoms in total. The van der Waals surface area contributed by atoms with Gasteiger partial charge in [0, 0.05) is 6.54 Å². The maximum atomic E-state index is 13.7. The summed E-state index contributed by atoms with van der Waals surface area (Å²) < 4.78 is 17.4. The lowest BCUT2D eigenvalue weighted by Gasteiger charge is -2.25. The van der Waals surface area contributed by atoms with Crippen LogP contribution >= 0.6 is 0 Å². The Labute approximate surface area is 192 Å². The van der Waals surface area contributed by atoms with Crippen molar-refractivity contribution in [2.45, 2.75) is 39.7 Å². The Hall–Kier alpha value is -3.32. The maximum Gasteiger partial charge on any atom is 0.290 e. The van der Waals surface area contributed by atoms with E-state index in [1.807, 2.05) is 26.0 Å². The third-order valence-electron chi connectivity index (χ3n) is 6.01. The highest BCUT2D eigenvalue weighted by Gasteiger charge is 2.42. The van der Waals surface area contributed by atoms with E-state index >= 15 is 0 Å². The zero-order chi connectivity index (χ0) is 23.7. The number of carbonyl (C=O) groups excluding carboxylic acids is 1. The first-order valence-electron chi connectivity index (χ1n) is 11.2. The summed E-state index contributed by atoms with van der Waals surface area (Å²) in [4.78, 5) is 28.4. The second-order valence-electron chi connectivity index (χ2n) is 8.37. The molecule has 1 aromatic heterocycles. The van der Waals surface area contributed by atoms with Gasteiger partial charge in [-0.3, -0.25) is 9.59 Å². The van der Waals surface area contributed by atoms with E-state index in [9.17, 15) is 14.7 Å². The van der Waals surface area contributed by atoms with Crippen molar-refractivity contribution < 1.29 is 23.8 Å². The zero-order valence-electron chi connectivity index (χ0n) is 19.4. The number of methoxy groups -OCH3 is 1. The molecule has 174 valence electrons. The molecular weight excluding hydrogens is 422 g/mol. The molecule has 2 heterocycles. The van der Waals surface area contributed by atoms with Gasteiger partial charge in [-0.25, -0.2) is 0 Å². The van der Waals surface area contributed by atoms with Gasteiger partial charge >= 0.3 is 0 Å². The van der Waals surface area contributed by atoms with Gasteiger partial charge in [0.1, 0.15) is 5.58 Å². The summed E-state index contributed by atoms with van der Waals surface area (Å²) in [7, 11) is 1.55. The van der Waals surface area contributed by atoms with E-state index in [1.165, 1.54) is 4.90 Å². The van der Waals surface area contributed by atoms with Crippen molar-refractivity contribution in [2.75, 3.05) is 26.9 Å². The predicted molar refractivity (Wildman–Crippen MR) is 125 cm³/mol. The summed E-state index contributed by atoms with van der Waals surface area (Å²) >= 11 is 0. The van der Waals surface area contributed by atoms with E-state index < -0.39 is 11.9 Å². The van der Waals surface area contributed by atoms with Crippen molar-refractivity contribution in [3.8, 4) is 11.5 Å². The maximum absolute atomic E-state index is 13.7. The quantitative estimate of drug-likeness (QED) is 0.518. The number of ether oxygens (including phenoxy) is 2. The predicted octanol–water partition coefficient (Wildman–Crippen LogP) is 4.13. The molecule has 0 saturated carbocycles. The first-order valence-corrected chi connectivity index (χ1v) is 11.2. The second-order valence-corrected chi connectivity index (χ2v) is 8.37. The molecule has 1 N–H and O–H groups in total. The molecule has 2 aromatic carbocycles. The second kappa shape index (κ2) is 9.27. The van der Waals surface area contributed by atoms with Crippen LogP contribution in [0.25, 0.3) is 11.0 Å². The van der Waals surface area contributed by atoms with Gasteiger partial charge in [0.25, 0.3) is 5.91 Å². The minimum absolute atomic E-state index is 0.0261. The van der Waals surface area contributed by atoms with Crippen molar-refractivity contribution in [1.82, 2.24) is 4.90 Å². The van der Waals surface area contributed by atoms with Crippen LogP contribution in [0.3, 0.4) is 0 Å². The van der Waals surface area contributed by atoms with E-state index in [0.29, 0.717) is 34.6 Å². The molecule has 1 atom stereocenters. The Bertz CT molecular complexity index is 1260. The average molecular weight is 452 g/mol. The summed E-state index contributed by atoms with van der Waals surface area (Å²) in [5, 5.41) is 10.1. The Morgan fingerprint density at radius 1 is 1.12 bits per heavy atom.